The number of aliphatic hydroxyl groups is 1. The summed E-state index contributed by atoms with van der Waals surface area (Å²) in [5.74, 6) is 0. The van der Waals surface area contributed by atoms with Gasteiger partial charge in [0.25, 0.3) is 0 Å². The maximum absolute atomic E-state index is 9.92. The van der Waals surface area contributed by atoms with Gasteiger partial charge in [-0.25, -0.2) is 0 Å². The summed E-state index contributed by atoms with van der Waals surface area (Å²) in [6.07, 6.45) is 0.492. The van der Waals surface area contributed by atoms with Crippen molar-refractivity contribution in [3.8, 4) is 0 Å². The highest BCUT2D eigenvalue weighted by atomic mass is 16.5. The molecule has 0 fully saturated rings. The first kappa shape index (κ1) is 16.2. The molecule has 19 heavy (non-hydrogen) atoms. The molecule has 0 bridgehead atoms. The molecule has 0 aliphatic carbocycles. The first-order chi connectivity index (χ1) is 8.92. The Labute approximate surface area is 117 Å². The lowest BCUT2D eigenvalue weighted by atomic mass is 10.1. The SMILES string of the molecule is CC[C@@H](OC[C@@H](O)CNC(C)(C)C)c1ccccc1. The van der Waals surface area contributed by atoms with Crippen LogP contribution in [0, 0.1) is 0 Å². The molecule has 0 radical (unpaired) electrons. The lowest BCUT2D eigenvalue weighted by molar-refractivity contribution is -0.0130. The zero-order chi connectivity index (χ0) is 14.3. The van der Waals surface area contributed by atoms with Gasteiger partial charge in [0.15, 0.2) is 0 Å². The molecule has 2 N–H and O–H groups in total. The lowest BCUT2D eigenvalue weighted by Gasteiger charge is -2.24. The molecule has 1 aromatic rings. The van der Waals surface area contributed by atoms with Gasteiger partial charge in [-0.2, -0.15) is 0 Å². The highest BCUT2D eigenvalue weighted by Crippen LogP contribution is 2.20. The first-order valence-electron chi connectivity index (χ1n) is 7.02. The molecule has 0 saturated heterocycles. The Morgan fingerprint density at radius 3 is 2.37 bits per heavy atom. The molecule has 0 aromatic heterocycles. The van der Waals surface area contributed by atoms with Gasteiger partial charge in [-0.1, -0.05) is 37.3 Å². The van der Waals surface area contributed by atoms with Crippen LogP contribution >= 0.6 is 0 Å². The molecule has 0 spiro atoms. The molecular weight excluding hydrogens is 238 g/mol. The fraction of sp³-hybridized carbons (Fsp3) is 0.625. The van der Waals surface area contributed by atoms with E-state index < -0.39 is 6.10 Å². The second kappa shape index (κ2) is 7.63. The molecule has 108 valence electrons. The van der Waals surface area contributed by atoms with E-state index in [0.29, 0.717) is 13.2 Å². The molecule has 0 heterocycles. The first-order valence-corrected chi connectivity index (χ1v) is 7.02. The number of nitrogens with one attached hydrogen (secondary N) is 1. The van der Waals surface area contributed by atoms with Crippen LogP contribution in [0.4, 0.5) is 0 Å². The minimum Gasteiger partial charge on any atom is -0.389 e. The highest BCUT2D eigenvalue weighted by Gasteiger charge is 2.15. The number of aliphatic hydroxyl groups excluding tert-OH is 1. The maximum Gasteiger partial charge on any atom is 0.0898 e. The Morgan fingerprint density at radius 2 is 1.84 bits per heavy atom. The van der Waals surface area contributed by atoms with Crippen molar-refractivity contribution in [3.05, 3.63) is 35.9 Å². The van der Waals surface area contributed by atoms with Gasteiger partial charge < -0.3 is 15.2 Å². The third-order valence-electron chi connectivity index (χ3n) is 2.90. The van der Waals surface area contributed by atoms with E-state index >= 15 is 0 Å². The van der Waals surface area contributed by atoms with Crippen LogP contribution in [0.15, 0.2) is 30.3 Å². The van der Waals surface area contributed by atoms with Crippen molar-refractivity contribution in [3.63, 3.8) is 0 Å². The van der Waals surface area contributed by atoms with Gasteiger partial charge in [0, 0.05) is 12.1 Å². The number of ether oxygens (including phenoxy) is 1. The van der Waals surface area contributed by atoms with Gasteiger partial charge in [0.05, 0.1) is 18.8 Å². The summed E-state index contributed by atoms with van der Waals surface area (Å²) in [5, 5.41) is 13.2. The standard InChI is InChI=1S/C16H27NO2/c1-5-15(13-9-7-6-8-10-13)19-12-14(18)11-17-16(2,3)4/h6-10,14-15,17-18H,5,11-12H2,1-4H3/t14-,15+/m0/s1. The van der Waals surface area contributed by atoms with Crippen molar-refractivity contribution >= 4 is 0 Å². The van der Waals surface area contributed by atoms with Crippen LogP contribution in [0.2, 0.25) is 0 Å². The summed E-state index contributed by atoms with van der Waals surface area (Å²) in [5.41, 5.74) is 1.19. The predicted molar refractivity (Wildman–Crippen MR) is 79.2 cm³/mol. The number of rotatable bonds is 7. The Bertz CT molecular complexity index is 346. The third-order valence-corrected chi connectivity index (χ3v) is 2.90. The van der Waals surface area contributed by atoms with Crippen molar-refractivity contribution < 1.29 is 9.84 Å². The zero-order valence-electron chi connectivity index (χ0n) is 12.5. The van der Waals surface area contributed by atoms with Crippen LogP contribution in [0.25, 0.3) is 0 Å². The largest absolute Gasteiger partial charge is 0.389 e. The van der Waals surface area contributed by atoms with Crippen LogP contribution in [-0.4, -0.2) is 29.9 Å². The number of benzene rings is 1. The van der Waals surface area contributed by atoms with Crippen LogP contribution in [-0.2, 0) is 4.74 Å². The van der Waals surface area contributed by atoms with Crippen LogP contribution < -0.4 is 5.32 Å². The fourth-order valence-electron chi connectivity index (χ4n) is 1.83. The average Bonchev–Trinajstić information content (AvgIpc) is 2.37. The fourth-order valence-corrected chi connectivity index (χ4v) is 1.83. The molecule has 1 rings (SSSR count). The van der Waals surface area contributed by atoms with E-state index in [-0.39, 0.29) is 11.6 Å². The Hall–Kier alpha value is -0.900. The lowest BCUT2D eigenvalue weighted by Crippen LogP contribution is -2.42. The minimum atomic E-state index is -0.475. The highest BCUT2D eigenvalue weighted by molar-refractivity contribution is 5.17. The van der Waals surface area contributed by atoms with E-state index in [4.69, 9.17) is 4.74 Å². The molecule has 0 aliphatic rings. The predicted octanol–water partition coefficient (Wildman–Crippen LogP) is 2.90. The van der Waals surface area contributed by atoms with Crippen molar-refractivity contribution in [2.45, 2.75) is 51.9 Å². The van der Waals surface area contributed by atoms with Crippen LogP contribution in [0.3, 0.4) is 0 Å². The molecule has 0 aliphatic heterocycles. The van der Waals surface area contributed by atoms with E-state index in [2.05, 4.69) is 45.1 Å². The Balaban J connectivity index is 2.37. The molecule has 0 unspecified atom stereocenters. The molecular formula is C16H27NO2. The summed E-state index contributed by atoms with van der Waals surface area (Å²) in [4.78, 5) is 0. The average molecular weight is 265 g/mol. The number of β-amino-alcohol motifs (C(OH)–C–C–N with tert-alkyl or cyclic N) is 1. The van der Waals surface area contributed by atoms with Gasteiger partial charge in [-0.3, -0.25) is 0 Å². The van der Waals surface area contributed by atoms with Gasteiger partial charge in [0.1, 0.15) is 0 Å². The van der Waals surface area contributed by atoms with Gasteiger partial charge in [0.2, 0.25) is 0 Å². The maximum atomic E-state index is 9.92. The van der Waals surface area contributed by atoms with Crippen LogP contribution in [0.1, 0.15) is 45.8 Å². The van der Waals surface area contributed by atoms with Gasteiger partial charge in [-0.15, -0.1) is 0 Å². The van der Waals surface area contributed by atoms with Gasteiger partial charge >= 0.3 is 0 Å². The normalized spacial score (nSPS) is 15.2. The van der Waals surface area contributed by atoms with E-state index in [1.165, 1.54) is 5.56 Å². The second-order valence-electron chi connectivity index (χ2n) is 5.93. The summed E-state index contributed by atoms with van der Waals surface area (Å²) >= 11 is 0. The molecule has 1 aromatic carbocycles. The van der Waals surface area contributed by atoms with Crippen molar-refractivity contribution in [1.82, 2.24) is 5.32 Å². The Morgan fingerprint density at radius 1 is 1.21 bits per heavy atom. The van der Waals surface area contributed by atoms with E-state index in [9.17, 15) is 5.11 Å². The monoisotopic (exact) mass is 265 g/mol. The number of hydrogen-bond donors (Lipinski definition) is 2. The summed E-state index contributed by atoms with van der Waals surface area (Å²) in [7, 11) is 0. The molecule has 0 saturated carbocycles. The molecule has 3 nitrogen and oxygen atoms in total. The van der Waals surface area contributed by atoms with Crippen molar-refractivity contribution in [1.29, 1.82) is 0 Å². The molecule has 3 heteroatoms. The third kappa shape index (κ3) is 6.71. The topological polar surface area (TPSA) is 41.5 Å². The molecule has 2 atom stereocenters. The van der Waals surface area contributed by atoms with E-state index in [0.717, 1.165) is 6.42 Å². The summed E-state index contributed by atoms with van der Waals surface area (Å²) < 4.78 is 5.81. The van der Waals surface area contributed by atoms with E-state index in [1.54, 1.807) is 0 Å². The minimum absolute atomic E-state index is 0.0184. The smallest absolute Gasteiger partial charge is 0.0898 e. The quantitative estimate of drug-likeness (QED) is 0.796. The second-order valence-corrected chi connectivity index (χ2v) is 5.93. The van der Waals surface area contributed by atoms with Crippen molar-refractivity contribution in [2.75, 3.05) is 13.2 Å². The van der Waals surface area contributed by atoms with Crippen LogP contribution in [0.5, 0.6) is 0 Å². The van der Waals surface area contributed by atoms with Crippen molar-refractivity contribution in [2.24, 2.45) is 0 Å². The summed E-state index contributed by atoms with van der Waals surface area (Å²) in [6, 6.07) is 10.2. The van der Waals surface area contributed by atoms with Gasteiger partial charge in [-0.05, 0) is 32.8 Å². The summed E-state index contributed by atoms with van der Waals surface area (Å²) in [6.45, 7) is 9.25. The molecule has 0 amide bonds. The van der Waals surface area contributed by atoms with E-state index in [1.807, 2.05) is 18.2 Å². The Kier molecular flexibility index (Phi) is 6.49. The zero-order valence-corrected chi connectivity index (χ0v) is 12.5. The number of hydrogen-bond acceptors (Lipinski definition) is 3.